The van der Waals surface area contributed by atoms with Gasteiger partial charge in [-0.25, -0.2) is 4.79 Å². The molecule has 0 aromatic heterocycles. The quantitative estimate of drug-likeness (QED) is 0.287. The molecule has 3 rings (SSSR count). The van der Waals surface area contributed by atoms with Gasteiger partial charge in [-0.1, -0.05) is 96.6 Å². The number of nitrogens with zero attached hydrogens (tertiary/aromatic N) is 2. The summed E-state index contributed by atoms with van der Waals surface area (Å²) in [5.74, 6) is 0.0822. The molecule has 0 N–H and O–H groups in total. The zero-order valence-electron chi connectivity index (χ0n) is 20.2. The number of carbonyl (C=O) groups is 2. The average molecular weight is 443 g/mol. The predicted molar refractivity (Wildman–Crippen MR) is 130 cm³/mol. The zero-order chi connectivity index (χ0) is 22.5. The molecule has 172 valence electrons. The van der Waals surface area contributed by atoms with Crippen LogP contribution in [0.25, 0.3) is 0 Å². The molecule has 2 aliphatic rings. The van der Waals surface area contributed by atoms with Crippen molar-refractivity contribution >= 4 is 20.2 Å². The number of carbonyl (C=O) groups excluding carboxylic acids is 2. The van der Waals surface area contributed by atoms with Crippen LogP contribution < -0.4 is 0 Å². The molecule has 3 amide bonds. The normalized spacial score (nSPS) is 23.1. The van der Waals surface area contributed by atoms with Crippen LogP contribution in [0.3, 0.4) is 0 Å². The van der Waals surface area contributed by atoms with E-state index >= 15 is 0 Å². The summed E-state index contributed by atoms with van der Waals surface area (Å²) < 4.78 is 1.90. The van der Waals surface area contributed by atoms with E-state index in [1.54, 1.807) is 0 Å². The van der Waals surface area contributed by atoms with Crippen molar-refractivity contribution in [3.8, 4) is 0 Å². The Hall–Kier alpha value is -1.62. The van der Waals surface area contributed by atoms with Crippen LogP contribution in [0, 0.1) is 0 Å². The summed E-state index contributed by atoms with van der Waals surface area (Å²) >= 11 is 0. The van der Waals surface area contributed by atoms with Crippen LogP contribution in [0.1, 0.15) is 91.0 Å². The van der Waals surface area contributed by atoms with Crippen molar-refractivity contribution in [3.05, 3.63) is 35.9 Å². The summed E-state index contributed by atoms with van der Waals surface area (Å²) in [6.07, 6.45) is 9.34. The van der Waals surface area contributed by atoms with Gasteiger partial charge >= 0.3 is 6.03 Å². The van der Waals surface area contributed by atoms with Crippen LogP contribution in [-0.4, -0.2) is 35.7 Å². The Balaban J connectivity index is 2.19. The Labute approximate surface area is 190 Å². The van der Waals surface area contributed by atoms with E-state index in [1.807, 2.05) is 22.8 Å². The molecule has 2 fully saturated rings. The third kappa shape index (κ3) is 4.10. The van der Waals surface area contributed by atoms with Crippen molar-refractivity contribution in [1.82, 2.24) is 9.47 Å². The third-order valence-corrected chi connectivity index (χ3v) is 13.3. The summed E-state index contributed by atoms with van der Waals surface area (Å²) in [5.41, 5.74) is 0.157. The highest BCUT2D eigenvalue weighted by atomic mass is 28.3. The number of hydrogen-bond donors (Lipinski definition) is 0. The Kier molecular flexibility index (Phi) is 8.01. The van der Waals surface area contributed by atoms with E-state index in [-0.39, 0.29) is 18.0 Å². The minimum absolute atomic E-state index is 0.0321. The molecule has 1 aliphatic carbocycles. The first-order valence-electron chi connectivity index (χ1n) is 12.8. The maximum Gasteiger partial charge on any atom is 0.320 e. The molecule has 1 aliphatic heterocycles. The van der Waals surface area contributed by atoms with Gasteiger partial charge in [-0.05, 0) is 43.0 Å². The molecule has 31 heavy (non-hydrogen) atoms. The molecule has 0 bridgehead atoms. The van der Waals surface area contributed by atoms with E-state index in [0.717, 1.165) is 68.6 Å². The lowest BCUT2D eigenvalue weighted by Crippen LogP contribution is -2.57. The van der Waals surface area contributed by atoms with Gasteiger partial charge in [0, 0.05) is 6.04 Å². The molecule has 0 spiro atoms. The third-order valence-electron chi connectivity index (χ3n) is 7.69. The van der Waals surface area contributed by atoms with Gasteiger partial charge in [0.15, 0.2) is 8.24 Å². The van der Waals surface area contributed by atoms with E-state index in [9.17, 15) is 9.59 Å². The molecule has 1 unspecified atom stereocenters. The van der Waals surface area contributed by atoms with Gasteiger partial charge in [-0.3, -0.25) is 9.36 Å². The Bertz CT molecular complexity index is 730. The summed E-state index contributed by atoms with van der Waals surface area (Å²) in [6.45, 7) is 8.73. The lowest BCUT2D eigenvalue weighted by atomic mass is 9.82. The van der Waals surface area contributed by atoms with Gasteiger partial charge in [0.1, 0.15) is 5.54 Å². The number of benzene rings is 1. The predicted octanol–water partition coefficient (Wildman–Crippen LogP) is 7.06. The summed E-state index contributed by atoms with van der Waals surface area (Å²) in [4.78, 5) is 30.9. The van der Waals surface area contributed by atoms with E-state index in [4.69, 9.17) is 0 Å². The van der Waals surface area contributed by atoms with Crippen molar-refractivity contribution in [1.29, 1.82) is 0 Å². The topological polar surface area (TPSA) is 40.6 Å². The highest BCUT2D eigenvalue weighted by Crippen LogP contribution is 2.48. The molecule has 4 nitrogen and oxygen atoms in total. The average Bonchev–Trinajstić information content (AvgIpc) is 3.02. The first-order valence-corrected chi connectivity index (χ1v) is 15.3. The van der Waals surface area contributed by atoms with Crippen LogP contribution >= 0.6 is 0 Å². The fraction of sp³-hybridized carbons (Fsp3) is 0.692. The Morgan fingerprint density at radius 2 is 1.42 bits per heavy atom. The smallest absolute Gasteiger partial charge is 0.303 e. The zero-order valence-corrected chi connectivity index (χ0v) is 21.2. The van der Waals surface area contributed by atoms with Gasteiger partial charge in [0.25, 0.3) is 5.91 Å². The minimum atomic E-state index is -2.24. The lowest BCUT2D eigenvalue weighted by Gasteiger charge is -2.41. The summed E-state index contributed by atoms with van der Waals surface area (Å²) in [5, 5.41) is 0. The SMILES string of the molecule is CCC[Si](CCC)(CCC)N1C(=O)N(C2CCCCC2)C(CC)(c2ccccc2)C1=O. The highest BCUT2D eigenvalue weighted by molar-refractivity contribution is 6.81. The van der Waals surface area contributed by atoms with Crippen LogP contribution in [0.15, 0.2) is 30.3 Å². The second-order valence-corrected chi connectivity index (χ2v) is 14.0. The second kappa shape index (κ2) is 10.3. The molecule has 0 radical (unpaired) electrons. The first-order chi connectivity index (χ1) is 15.0. The van der Waals surface area contributed by atoms with Gasteiger partial charge in [-0.2, -0.15) is 0 Å². The molecule has 1 saturated heterocycles. The minimum Gasteiger partial charge on any atom is -0.303 e. The molecule has 5 heteroatoms. The number of imide groups is 1. The van der Waals surface area contributed by atoms with E-state index in [2.05, 4.69) is 44.7 Å². The second-order valence-electron chi connectivity index (χ2n) is 9.64. The molecule has 1 aromatic rings. The maximum absolute atomic E-state index is 14.5. The van der Waals surface area contributed by atoms with E-state index in [1.165, 1.54) is 6.42 Å². The Morgan fingerprint density at radius 3 is 1.90 bits per heavy atom. The number of rotatable bonds is 10. The van der Waals surface area contributed by atoms with Crippen molar-refractivity contribution in [3.63, 3.8) is 0 Å². The fourth-order valence-corrected chi connectivity index (χ4v) is 11.8. The summed E-state index contributed by atoms with van der Waals surface area (Å²) in [6, 6.07) is 13.4. The van der Waals surface area contributed by atoms with Gasteiger partial charge in [0.05, 0.1) is 0 Å². The van der Waals surface area contributed by atoms with Crippen molar-refractivity contribution in [2.45, 2.75) is 115 Å². The lowest BCUT2D eigenvalue weighted by molar-refractivity contribution is -0.132. The number of amides is 3. The van der Waals surface area contributed by atoms with Gasteiger partial charge < -0.3 is 4.90 Å². The van der Waals surface area contributed by atoms with Crippen LogP contribution in [-0.2, 0) is 10.3 Å². The van der Waals surface area contributed by atoms with Gasteiger partial charge in [-0.15, -0.1) is 0 Å². The Morgan fingerprint density at radius 1 is 0.871 bits per heavy atom. The van der Waals surface area contributed by atoms with Crippen molar-refractivity contribution in [2.75, 3.05) is 0 Å². The molecule has 1 heterocycles. The highest BCUT2D eigenvalue weighted by Gasteiger charge is 2.63. The van der Waals surface area contributed by atoms with E-state index in [0.29, 0.717) is 6.42 Å². The summed E-state index contributed by atoms with van der Waals surface area (Å²) in [7, 11) is -2.24. The maximum atomic E-state index is 14.5. The molecule has 1 saturated carbocycles. The van der Waals surface area contributed by atoms with Crippen LogP contribution in [0.5, 0.6) is 0 Å². The van der Waals surface area contributed by atoms with Crippen LogP contribution in [0.2, 0.25) is 18.1 Å². The van der Waals surface area contributed by atoms with Crippen molar-refractivity contribution < 1.29 is 9.59 Å². The fourth-order valence-electron chi connectivity index (χ4n) is 6.48. The molecule has 1 atom stereocenters. The number of urea groups is 1. The van der Waals surface area contributed by atoms with Crippen LogP contribution in [0.4, 0.5) is 4.79 Å². The molecule has 1 aromatic carbocycles. The van der Waals surface area contributed by atoms with Gasteiger partial charge in [0.2, 0.25) is 0 Å². The van der Waals surface area contributed by atoms with E-state index < -0.39 is 13.8 Å². The molecular weight excluding hydrogens is 400 g/mol. The first kappa shape index (κ1) is 24.0. The standard InChI is InChI=1S/C26H42N2O2Si/c1-5-19-31(20-6-2,21-7-3)28-24(29)26(8-4,22-15-11-9-12-16-22)27(25(28)30)23-17-13-10-14-18-23/h9,11-12,15-16,23H,5-8,10,13-14,17-21H2,1-4H3. The number of hydrogen-bond acceptors (Lipinski definition) is 2. The molecular formula is C26H42N2O2Si. The monoisotopic (exact) mass is 442 g/mol. The largest absolute Gasteiger partial charge is 0.320 e. The van der Waals surface area contributed by atoms with Crippen molar-refractivity contribution in [2.24, 2.45) is 0 Å².